The number of aliphatic imine (C=N–C) groups is 1. The molecule has 0 fully saturated rings. The van der Waals surface area contributed by atoms with Gasteiger partial charge in [0, 0.05) is 36.6 Å². The number of aromatic nitrogens is 1. The van der Waals surface area contributed by atoms with Crippen molar-refractivity contribution < 1.29 is 19.4 Å². The van der Waals surface area contributed by atoms with Crippen LogP contribution in [0.1, 0.15) is 55.2 Å². The van der Waals surface area contributed by atoms with E-state index in [1.165, 1.54) is 4.90 Å². The Morgan fingerprint density at radius 2 is 2.14 bits per heavy atom. The van der Waals surface area contributed by atoms with Crippen molar-refractivity contribution in [2.24, 2.45) is 10.9 Å². The molecule has 4 rings (SSSR count). The average Bonchev–Trinajstić information content (AvgIpc) is 3.23. The minimum atomic E-state index is -0.751. The molecule has 3 N–H and O–H groups in total. The first-order valence-electron chi connectivity index (χ1n) is 12.5. The molecule has 37 heavy (non-hydrogen) atoms. The number of amides is 2. The van der Waals surface area contributed by atoms with Crippen molar-refractivity contribution in [2.75, 3.05) is 13.7 Å². The molecule has 0 saturated heterocycles. The Bertz CT molecular complexity index is 1180. The van der Waals surface area contributed by atoms with Crippen LogP contribution in [0.5, 0.6) is 0 Å². The zero-order valence-electron chi connectivity index (χ0n) is 21.6. The van der Waals surface area contributed by atoms with E-state index >= 15 is 0 Å². The molecule has 10 heteroatoms. The van der Waals surface area contributed by atoms with Crippen LogP contribution in [0.2, 0.25) is 0 Å². The van der Waals surface area contributed by atoms with Gasteiger partial charge >= 0.3 is 0 Å². The molecule has 1 aliphatic carbocycles. The van der Waals surface area contributed by atoms with Crippen molar-refractivity contribution in [3.8, 4) is 0 Å². The second-order valence-electron chi connectivity index (χ2n) is 9.82. The van der Waals surface area contributed by atoms with Gasteiger partial charge in [-0.05, 0) is 32.9 Å². The maximum Gasteiger partial charge on any atom is 0.256 e. The lowest BCUT2D eigenvalue weighted by Crippen LogP contribution is -2.51. The second-order valence-corrected chi connectivity index (χ2v) is 10.2. The van der Waals surface area contributed by atoms with Gasteiger partial charge in [-0.1, -0.05) is 29.8 Å². The number of pyridine rings is 1. The normalized spacial score (nSPS) is 22.7. The minimum Gasteiger partial charge on any atom is -0.501 e. The zero-order chi connectivity index (χ0) is 26.7. The topological polar surface area (TPSA) is 116 Å². The van der Waals surface area contributed by atoms with Gasteiger partial charge in [-0.3, -0.25) is 24.9 Å². The maximum absolute atomic E-state index is 13.3. The number of hydrogen-bond donors (Lipinski definition) is 3. The molecule has 9 nitrogen and oxygen atoms in total. The third-order valence-electron chi connectivity index (χ3n) is 6.84. The van der Waals surface area contributed by atoms with Crippen molar-refractivity contribution >= 4 is 29.1 Å². The molecule has 1 unspecified atom stereocenters. The number of dihydropyridines is 1. The quantitative estimate of drug-likeness (QED) is 0.454. The van der Waals surface area contributed by atoms with Crippen LogP contribution in [0.4, 0.5) is 0 Å². The van der Waals surface area contributed by atoms with E-state index in [1.54, 1.807) is 26.3 Å². The molecular formula is C27H34ClN5O4. The van der Waals surface area contributed by atoms with Crippen molar-refractivity contribution in [3.05, 3.63) is 64.2 Å². The lowest BCUT2D eigenvalue weighted by Gasteiger charge is -2.29. The van der Waals surface area contributed by atoms with Crippen LogP contribution in [0, 0.1) is 5.92 Å². The fourth-order valence-corrected chi connectivity index (χ4v) is 5.00. The fourth-order valence-electron chi connectivity index (χ4n) is 4.75. The van der Waals surface area contributed by atoms with Crippen molar-refractivity contribution in [1.82, 2.24) is 20.5 Å². The summed E-state index contributed by atoms with van der Waals surface area (Å²) in [6.45, 7) is 5.78. The van der Waals surface area contributed by atoms with Gasteiger partial charge in [-0.15, -0.1) is 0 Å². The summed E-state index contributed by atoms with van der Waals surface area (Å²) >= 11 is 6.46. The van der Waals surface area contributed by atoms with Gasteiger partial charge in [-0.25, -0.2) is 0 Å². The number of methoxy groups -OCH3 is 1. The van der Waals surface area contributed by atoms with Crippen LogP contribution >= 0.6 is 11.6 Å². The number of nitrogens with zero attached hydrogens (tertiary/aromatic N) is 3. The SMILES string of the molecule is COC1=CC=CC([C@@H](CO)NC(=O)[C@@H](C)N2Cc3ncc(C4=N[C@@H](NC(C)C)CC=C4Cl)cc3C2=O)C1. The third-order valence-corrected chi connectivity index (χ3v) is 7.17. The highest BCUT2D eigenvalue weighted by Gasteiger charge is 2.36. The van der Waals surface area contributed by atoms with Gasteiger partial charge in [0.25, 0.3) is 5.91 Å². The molecule has 4 atom stereocenters. The molecule has 1 aromatic rings. The van der Waals surface area contributed by atoms with E-state index in [1.807, 2.05) is 24.3 Å². The van der Waals surface area contributed by atoms with Gasteiger partial charge < -0.3 is 20.1 Å². The fraction of sp³-hybridized carbons (Fsp3) is 0.481. The summed E-state index contributed by atoms with van der Waals surface area (Å²) in [5.41, 5.74) is 2.29. The van der Waals surface area contributed by atoms with E-state index < -0.39 is 12.1 Å². The summed E-state index contributed by atoms with van der Waals surface area (Å²) in [5, 5.41) is 16.8. The van der Waals surface area contributed by atoms with Gasteiger partial charge in [0.05, 0.1) is 54.1 Å². The highest BCUT2D eigenvalue weighted by atomic mass is 35.5. The van der Waals surface area contributed by atoms with Gasteiger partial charge in [0.15, 0.2) is 0 Å². The highest BCUT2D eigenvalue weighted by Crippen LogP contribution is 2.28. The first-order chi connectivity index (χ1) is 17.7. The molecule has 2 amide bonds. The van der Waals surface area contributed by atoms with Crippen LogP contribution < -0.4 is 10.6 Å². The molecule has 0 saturated carbocycles. The zero-order valence-corrected chi connectivity index (χ0v) is 22.3. The van der Waals surface area contributed by atoms with E-state index in [9.17, 15) is 14.7 Å². The number of carbonyl (C=O) groups excluding carboxylic acids is 2. The Morgan fingerprint density at radius 3 is 2.84 bits per heavy atom. The molecule has 0 bridgehead atoms. The number of halogens is 1. The van der Waals surface area contributed by atoms with Crippen LogP contribution in [0.3, 0.4) is 0 Å². The molecule has 198 valence electrons. The van der Waals surface area contributed by atoms with E-state index in [4.69, 9.17) is 21.3 Å². The minimum absolute atomic E-state index is 0.101. The van der Waals surface area contributed by atoms with Crippen LogP contribution in [-0.2, 0) is 16.1 Å². The standard InChI is InChI=1S/C27H34ClN5O4/c1-15(2)30-24-9-8-21(28)25(32-24)18-11-20-22(29-12-18)13-33(27(20)36)16(3)26(35)31-23(14-34)17-6-5-7-19(10-17)37-4/h5-8,11-12,15-17,23-24,30,34H,9-10,13-14H2,1-4H3,(H,31,35)/t16-,17?,23-,24-/m1/s1. The second kappa shape index (κ2) is 11.6. The number of fused-ring (bicyclic) bond motifs is 1. The number of nitrogens with one attached hydrogen (secondary N) is 2. The van der Waals surface area contributed by atoms with Gasteiger partial charge in [0.1, 0.15) is 12.2 Å². The molecule has 0 radical (unpaired) electrons. The van der Waals surface area contributed by atoms with E-state index in [2.05, 4.69) is 29.5 Å². The predicted octanol–water partition coefficient (Wildman–Crippen LogP) is 2.65. The van der Waals surface area contributed by atoms with E-state index in [0.717, 1.165) is 5.76 Å². The number of ether oxygens (including phenoxy) is 1. The summed E-state index contributed by atoms with van der Waals surface area (Å²) in [7, 11) is 1.60. The third kappa shape index (κ3) is 5.95. The first-order valence-corrected chi connectivity index (χ1v) is 12.9. The van der Waals surface area contributed by atoms with Crippen LogP contribution in [0.15, 0.2) is 52.4 Å². The molecule has 0 aromatic carbocycles. The van der Waals surface area contributed by atoms with E-state index in [0.29, 0.717) is 40.4 Å². The first kappa shape index (κ1) is 27.0. The lowest BCUT2D eigenvalue weighted by molar-refractivity contribution is -0.126. The summed E-state index contributed by atoms with van der Waals surface area (Å²) < 4.78 is 5.31. The number of rotatable bonds is 9. The van der Waals surface area contributed by atoms with Gasteiger partial charge in [-0.2, -0.15) is 0 Å². The molecule has 1 aromatic heterocycles. The summed E-state index contributed by atoms with van der Waals surface area (Å²) in [5.74, 6) is 0.0553. The lowest BCUT2D eigenvalue weighted by atomic mass is 9.91. The number of aliphatic hydroxyl groups excluding tert-OH is 1. The van der Waals surface area contributed by atoms with Crippen molar-refractivity contribution in [3.63, 3.8) is 0 Å². The van der Waals surface area contributed by atoms with Crippen molar-refractivity contribution in [2.45, 2.75) is 64.4 Å². The number of allylic oxidation sites excluding steroid dienone is 4. The molecule has 3 heterocycles. The van der Waals surface area contributed by atoms with Gasteiger partial charge in [0.2, 0.25) is 5.91 Å². The Kier molecular flexibility index (Phi) is 8.46. The summed E-state index contributed by atoms with van der Waals surface area (Å²) in [6, 6.07) is 0.767. The largest absolute Gasteiger partial charge is 0.501 e. The number of carbonyl (C=O) groups is 2. The maximum atomic E-state index is 13.3. The Balaban J connectivity index is 1.46. The molecule has 2 aliphatic heterocycles. The number of hydrogen-bond acceptors (Lipinski definition) is 7. The average molecular weight is 528 g/mol. The molecular weight excluding hydrogens is 494 g/mol. The monoisotopic (exact) mass is 527 g/mol. The Morgan fingerprint density at radius 1 is 1.35 bits per heavy atom. The Labute approximate surface area is 222 Å². The summed E-state index contributed by atoms with van der Waals surface area (Å²) in [4.78, 5) is 37.2. The van der Waals surface area contributed by atoms with Crippen LogP contribution in [-0.4, -0.2) is 70.5 Å². The highest BCUT2D eigenvalue weighted by molar-refractivity contribution is 6.46. The smallest absolute Gasteiger partial charge is 0.256 e. The van der Waals surface area contributed by atoms with E-state index in [-0.39, 0.29) is 43.1 Å². The van der Waals surface area contributed by atoms with Crippen LogP contribution in [0.25, 0.3) is 0 Å². The molecule has 0 spiro atoms. The molecule has 3 aliphatic rings. The predicted molar refractivity (Wildman–Crippen MR) is 142 cm³/mol. The van der Waals surface area contributed by atoms with Crippen molar-refractivity contribution in [1.29, 1.82) is 0 Å². The summed E-state index contributed by atoms with van der Waals surface area (Å²) in [6.07, 6.45) is 10.4. The number of aliphatic hydroxyl groups is 1. The Hall–Kier alpha value is -3.01.